The lowest BCUT2D eigenvalue weighted by molar-refractivity contribution is -0.525. The van der Waals surface area contributed by atoms with E-state index in [1.807, 2.05) is 4.74 Å². The summed E-state index contributed by atoms with van der Waals surface area (Å²) in [6, 6.07) is 0. The van der Waals surface area contributed by atoms with Crippen LogP contribution < -0.4 is 0 Å². The van der Waals surface area contributed by atoms with Gasteiger partial charge in [-0.05, 0) is 0 Å². The smallest absolute Gasteiger partial charge is 0.270 e. The van der Waals surface area contributed by atoms with Crippen molar-refractivity contribution in [3.63, 3.8) is 0 Å². The molecule has 0 fully saturated rings. The summed E-state index contributed by atoms with van der Waals surface area (Å²) in [5.74, 6) is -15.9. The third kappa shape index (κ3) is 4.23. The second-order valence-corrected chi connectivity index (χ2v) is 4.15. The summed E-state index contributed by atoms with van der Waals surface area (Å²) in [4.78, 5) is 0. The van der Waals surface area contributed by atoms with Crippen LogP contribution in [0.5, 0.6) is 0 Å². The van der Waals surface area contributed by atoms with Gasteiger partial charge in [0.05, 0.1) is 0 Å². The maximum atomic E-state index is 13.4. The molecule has 0 aromatic rings. The van der Waals surface area contributed by atoms with Crippen LogP contribution >= 0.6 is 0 Å². The predicted molar refractivity (Wildman–Crippen MR) is 47.8 cm³/mol. The van der Waals surface area contributed by atoms with Crippen LogP contribution in [-0.4, -0.2) is 36.3 Å². The molecule has 0 N–H and O–H groups in total. The van der Waals surface area contributed by atoms with E-state index in [4.69, 9.17) is 0 Å². The molecule has 0 aromatic heterocycles. The van der Waals surface area contributed by atoms with Crippen LogP contribution in [0.2, 0.25) is 0 Å². The molecule has 0 amide bonds. The number of rotatable bonds is 6. The molecule has 0 bridgehead atoms. The van der Waals surface area contributed by atoms with Gasteiger partial charge in [0.1, 0.15) is 0 Å². The molecule has 0 saturated heterocycles. The van der Waals surface area contributed by atoms with E-state index in [0.717, 1.165) is 0 Å². The summed E-state index contributed by atoms with van der Waals surface area (Å²) in [7, 11) is 0. The van der Waals surface area contributed by atoms with E-state index in [0.29, 0.717) is 0 Å². The Bertz CT molecular complexity index is 477. The minimum atomic E-state index is -7.21. The number of hydrogen-bond acceptors (Lipinski definition) is 2. The minimum absolute atomic E-state index is 0.899. The van der Waals surface area contributed by atoms with E-state index < -0.39 is 49.0 Å². The van der Waals surface area contributed by atoms with Crippen molar-refractivity contribution in [3.05, 3.63) is 12.4 Å². The Labute approximate surface area is 123 Å². The fourth-order valence-corrected chi connectivity index (χ4v) is 0.879. The second kappa shape index (κ2) is 5.93. The first-order chi connectivity index (χ1) is 10.1. The summed E-state index contributed by atoms with van der Waals surface area (Å²) in [5.41, 5.74) is 0. The van der Waals surface area contributed by atoms with Gasteiger partial charge < -0.3 is 0 Å². The molecule has 0 heterocycles. The van der Waals surface area contributed by atoms with Gasteiger partial charge in [0, 0.05) is 6.92 Å². The first-order valence-corrected chi connectivity index (χ1v) is 5.13. The maximum absolute atomic E-state index is 13.4. The lowest BCUT2D eigenvalue weighted by atomic mass is 10.2. The Balaban J connectivity index is 6.05. The van der Waals surface area contributed by atoms with E-state index >= 15 is 0 Å². The lowest BCUT2D eigenvalue weighted by Crippen LogP contribution is -2.63. The maximum Gasteiger partial charge on any atom is 0.458 e. The highest BCUT2D eigenvalue weighted by Crippen LogP contribution is 2.53. The summed E-state index contributed by atoms with van der Waals surface area (Å²) in [6.45, 7) is 0.775. The Kier molecular flexibility index (Phi) is 5.62. The second-order valence-electron chi connectivity index (χ2n) is 4.15. The normalized spacial score (nSPS) is 19.6. The quantitative estimate of drug-likeness (QED) is 0.582. The van der Waals surface area contributed by atoms with Crippen LogP contribution in [-0.2, 0) is 9.47 Å². The molecular formula is C9H5F13O2. The van der Waals surface area contributed by atoms with Crippen LogP contribution in [0, 0.1) is 0 Å². The van der Waals surface area contributed by atoms with E-state index in [-0.39, 0.29) is 0 Å². The van der Waals surface area contributed by atoms with Crippen molar-refractivity contribution in [2.24, 2.45) is 0 Å². The predicted octanol–water partition coefficient (Wildman–Crippen LogP) is 5.16. The van der Waals surface area contributed by atoms with E-state index in [2.05, 4.69) is 4.74 Å². The standard InChI is InChI=1S/C9H5F13O2/c1-3(10)5(12,13)24-6(14,8(18,19)20)9(21,22)23-4(2,11)7(15,16)17/h1H2,2H3. The molecular weight excluding hydrogens is 387 g/mol. The van der Waals surface area contributed by atoms with Gasteiger partial charge >= 0.3 is 36.3 Å². The van der Waals surface area contributed by atoms with Crippen LogP contribution in [0.15, 0.2) is 12.4 Å². The Morgan fingerprint density at radius 3 is 1.33 bits per heavy atom. The van der Waals surface area contributed by atoms with Gasteiger partial charge in [-0.1, -0.05) is 6.58 Å². The third-order valence-electron chi connectivity index (χ3n) is 2.15. The fraction of sp³-hybridized carbons (Fsp3) is 0.778. The zero-order valence-corrected chi connectivity index (χ0v) is 10.9. The van der Waals surface area contributed by atoms with Gasteiger partial charge in [-0.15, -0.1) is 0 Å². The van der Waals surface area contributed by atoms with Gasteiger partial charge in [-0.3, -0.25) is 9.47 Å². The van der Waals surface area contributed by atoms with Crippen LogP contribution in [0.4, 0.5) is 57.1 Å². The summed E-state index contributed by atoms with van der Waals surface area (Å²) in [5, 5.41) is 0. The van der Waals surface area contributed by atoms with Gasteiger partial charge in [0.25, 0.3) is 0 Å². The first kappa shape index (κ1) is 22.8. The summed E-state index contributed by atoms with van der Waals surface area (Å²) >= 11 is 0. The van der Waals surface area contributed by atoms with Crippen LogP contribution in [0.3, 0.4) is 0 Å². The molecule has 0 spiro atoms. The molecule has 144 valence electrons. The molecule has 24 heavy (non-hydrogen) atoms. The molecule has 0 saturated carbocycles. The zero-order valence-electron chi connectivity index (χ0n) is 10.9. The van der Waals surface area contributed by atoms with Crippen LogP contribution in [0.1, 0.15) is 6.92 Å². The third-order valence-corrected chi connectivity index (χ3v) is 2.15. The molecule has 0 aliphatic rings. The molecule has 0 aromatic carbocycles. The molecule has 0 rings (SSSR count). The average Bonchev–Trinajstić information content (AvgIpc) is 2.22. The van der Waals surface area contributed by atoms with Crippen molar-refractivity contribution in [1.82, 2.24) is 0 Å². The monoisotopic (exact) mass is 392 g/mol. The molecule has 0 aliphatic carbocycles. The topological polar surface area (TPSA) is 18.5 Å². The molecule has 2 atom stereocenters. The number of ether oxygens (including phenoxy) is 2. The zero-order chi connectivity index (χ0) is 20.0. The molecule has 0 radical (unpaired) electrons. The molecule has 2 nitrogen and oxygen atoms in total. The number of alkyl halides is 12. The van der Waals surface area contributed by atoms with Gasteiger partial charge in [0.15, 0.2) is 5.83 Å². The average molecular weight is 392 g/mol. The van der Waals surface area contributed by atoms with Crippen molar-refractivity contribution >= 4 is 0 Å². The highest BCUT2D eigenvalue weighted by Gasteiger charge is 2.80. The largest absolute Gasteiger partial charge is 0.458 e. The van der Waals surface area contributed by atoms with E-state index in [1.165, 1.54) is 0 Å². The van der Waals surface area contributed by atoms with E-state index in [9.17, 15) is 57.1 Å². The molecule has 15 heteroatoms. The van der Waals surface area contributed by atoms with Gasteiger partial charge in [-0.25, -0.2) is 8.78 Å². The Morgan fingerprint density at radius 2 is 1.08 bits per heavy atom. The van der Waals surface area contributed by atoms with E-state index in [1.54, 1.807) is 6.58 Å². The van der Waals surface area contributed by atoms with Crippen molar-refractivity contribution < 1.29 is 66.5 Å². The summed E-state index contributed by atoms with van der Waals surface area (Å²) < 4.78 is 167. The number of halogens is 13. The Morgan fingerprint density at radius 1 is 0.708 bits per heavy atom. The fourth-order valence-electron chi connectivity index (χ4n) is 0.879. The van der Waals surface area contributed by atoms with Gasteiger partial charge in [0.2, 0.25) is 0 Å². The minimum Gasteiger partial charge on any atom is -0.270 e. The first-order valence-electron chi connectivity index (χ1n) is 5.13. The van der Waals surface area contributed by atoms with Crippen molar-refractivity contribution in [2.75, 3.05) is 0 Å². The number of hydrogen-bond donors (Lipinski definition) is 0. The van der Waals surface area contributed by atoms with Crippen molar-refractivity contribution in [1.29, 1.82) is 0 Å². The van der Waals surface area contributed by atoms with Crippen molar-refractivity contribution in [3.8, 4) is 0 Å². The van der Waals surface area contributed by atoms with Gasteiger partial charge in [-0.2, -0.15) is 48.3 Å². The van der Waals surface area contributed by atoms with Crippen molar-refractivity contribution in [2.45, 2.75) is 43.2 Å². The van der Waals surface area contributed by atoms with Crippen LogP contribution in [0.25, 0.3) is 0 Å². The highest BCUT2D eigenvalue weighted by molar-refractivity contribution is 4.97. The summed E-state index contributed by atoms with van der Waals surface area (Å²) in [6.07, 6.45) is -26.7. The SMILES string of the molecule is C=C(F)C(F)(F)OC(F)(C(F)(F)F)C(F)(F)OC(C)(F)C(F)(F)F. The Hall–Kier alpha value is -1.25. The highest BCUT2D eigenvalue weighted by atomic mass is 19.4. The molecule has 2 unspecified atom stereocenters. The lowest BCUT2D eigenvalue weighted by Gasteiger charge is -2.38. The molecule has 0 aliphatic heterocycles.